The van der Waals surface area contributed by atoms with Crippen molar-refractivity contribution < 1.29 is 28.6 Å². The maximum Gasteiger partial charge on any atom is 0.306 e. The van der Waals surface area contributed by atoms with E-state index < -0.39 is 6.10 Å². The van der Waals surface area contributed by atoms with Crippen molar-refractivity contribution in [2.24, 2.45) is 0 Å². The summed E-state index contributed by atoms with van der Waals surface area (Å²) in [6.45, 7) is 6.43. The van der Waals surface area contributed by atoms with Gasteiger partial charge in [-0.1, -0.05) is 323 Å². The van der Waals surface area contributed by atoms with Crippen molar-refractivity contribution in [2.45, 2.75) is 341 Å². The Morgan fingerprint density at radius 2 is 0.476 bits per heavy atom. The van der Waals surface area contributed by atoms with Crippen molar-refractivity contribution in [3.8, 4) is 0 Å². The van der Waals surface area contributed by atoms with Gasteiger partial charge in [-0.05, 0) is 103 Å². The zero-order valence-electron chi connectivity index (χ0n) is 54.0. The standard InChI is InChI=1S/C76H130O6/c1-4-7-10-13-16-19-22-25-28-30-31-32-33-34-35-36-37-38-39-40-41-42-43-44-45-47-48-51-54-57-60-63-66-69-75(78)81-72-73(71-80-74(77)68-65-62-59-56-53-50-27-24-21-18-15-12-9-6-3)82-76(79)70-67-64-61-58-55-52-49-46-29-26-23-20-17-14-11-8-5-2/h7-8,10-11,16-17,19-20,25-26,28-29,31-32,34-35,49,52,73H,4-6,9,12-15,18,21-24,27,30,33,36-48,50-51,53-72H2,1-3H3/b10-7-,11-8-,19-16-,20-17-,28-25-,29-26-,32-31-,35-34-,52-49-. The molecular formula is C76H130O6. The summed E-state index contributed by atoms with van der Waals surface area (Å²) in [5, 5.41) is 0. The van der Waals surface area contributed by atoms with Gasteiger partial charge in [0, 0.05) is 19.3 Å². The molecule has 1 unspecified atom stereocenters. The Morgan fingerprint density at radius 3 is 0.744 bits per heavy atom. The van der Waals surface area contributed by atoms with E-state index in [-0.39, 0.29) is 31.1 Å². The van der Waals surface area contributed by atoms with E-state index in [4.69, 9.17) is 14.2 Å². The lowest BCUT2D eigenvalue weighted by Gasteiger charge is -2.18. The number of carbonyl (C=O) groups excluding carboxylic acids is 3. The third kappa shape index (κ3) is 66.9. The SMILES string of the molecule is CC/C=C\C/C=C\C/C=C\C/C=C\C/C=C\CCCCCCCCCCCCCCCCCCCC(=O)OCC(COC(=O)CCCCCCCCCCCCCCCC)OC(=O)CCCCCC/C=C\C/C=C\C/C=C\C/C=C\CC. The monoisotopic (exact) mass is 1140 g/mol. The molecule has 470 valence electrons. The highest BCUT2D eigenvalue weighted by atomic mass is 16.6. The van der Waals surface area contributed by atoms with Crippen LogP contribution in [-0.4, -0.2) is 37.2 Å². The predicted molar refractivity (Wildman–Crippen MR) is 357 cm³/mol. The van der Waals surface area contributed by atoms with Crippen molar-refractivity contribution in [3.63, 3.8) is 0 Å². The Hall–Kier alpha value is -3.93. The molecule has 0 fully saturated rings. The lowest BCUT2D eigenvalue weighted by Crippen LogP contribution is -2.30. The second kappa shape index (κ2) is 69.6. The molecule has 0 N–H and O–H groups in total. The minimum atomic E-state index is -0.790. The van der Waals surface area contributed by atoms with Crippen molar-refractivity contribution in [1.82, 2.24) is 0 Å². The molecule has 0 bridgehead atoms. The molecule has 0 aromatic carbocycles. The number of hydrogen-bond donors (Lipinski definition) is 0. The van der Waals surface area contributed by atoms with E-state index in [2.05, 4.69) is 130 Å². The number of carbonyl (C=O) groups is 3. The van der Waals surface area contributed by atoms with Gasteiger partial charge in [0.15, 0.2) is 6.10 Å². The summed E-state index contributed by atoms with van der Waals surface area (Å²) in [7, 11) is 0. The number of unbranched alkanes of at least 4 members (excludes halogenated alkanes) is 34. The second-order valence-electron chi connectivity index (χ2n) is 23.0. The highest BCUT2D eigenvalue weighted by Gasteiger charge is 2.19. The minimum absolute atomic E-state index is 0.0837. The molecule has 0 radical (unpaired) electrons. The Balaban J connectivity index is 4.21. The summed E-state index contributed by atoms with van der Waals surface area (Å²) in [4.78, 5) is 38.4. The highest BCUT2D eigenvalue weighted by molar-refractivity contribution is 5.71. The van der Waals surface area contributed by atoms with Crippen molar-refractivity contribution in [2.75, 3.05) is 13.2 Å². The Kier molecular flexibility index (Phi) is 66.2. The van der Waals surface area contributed by atoms with Gasteiger partial charge in [0.25, 0.3) is 0 Å². The molecule has 0 aliphatic rings. The molecule has 0 saturated heterocycles. The predicted octanol–water partition coefficient (Wildman–Crippen LogP) is 24.2. The summed E-state index contributed by atoms with van der Waals surface area (Å²) >= 11 is 0. The van der Waals surface area contributed by atoms with Crippen LogP contribution in [0.25, 0.3) is 0 Å². The first kappa shape index (κ1) is 78.1. The number of hydrogen-bond acceptors (Lipinski definition) is 6. The zero-order valence-corrected chi connectivity index (χ0v) is 54.0. The van der Waals surface area contributed by atoms with Crippen LogP contribution in [0.5, 0.6) is 0 Å². The first-order valence-electron chi connectivity index (χ1n) is 34.9. The van der Waals surface area contributed by atoms with E-state index in [1.54, 1.807) is 0 Å². The normalized spacial score (nSPS) is 12.8. The Morgan fingerprint density at radius 1 is 0.256 bits per heavy atom. The van der Waals surface area contributed by atoms with Crippen LogP contribution in [0.3, 0.4) is 0 Å². The molecule has 0 aromatic rings. The minimum Gasteiger partial charge on any atom is -0.462 e. The average Bonchev–Trinajstić information content (AvgIpc) is 3.47. The third-order valence-electron chi connectivity index (χ3n) is 15.0. The molecule has 0 saturated carbocycles. The molecule has 0 aromatic heterocycles. The van der Waals surface area contributed by atoms with Crippen LogP contribution in [0.15, 0.2) is 109 Å². The van der Waals surface area contributed by atoms with Crippen molar-refractivity contribution in [1.29, 1.82) is 0 Å². The Labute approximate surface area is 508 Å². The van der Waals surface area contributed by atoms with E-state index in [0.717, 1.165) is 128 Å². The summed E-state index contributed by atoms with van der Waals surface area (Å²) < 4.78 is 16.9. The second-order valence-corrected chi connectivity index (χ2v) is 23.0. The maximum atomic E-state index is 12.9. The average molecular weight is 1140 g/mol. The quantitative estimate of drug-likeness (QED) is 0.0261. The van der Waals surface area contributed by atoms with E-state index in [0.29, 0.717) is 19.3 Å². The smallest absolute Gasteiger partial charge is 0.306 e. The van der Waals surface area contributed by atoms with E-state index in [9.17, 15) is 14.4 Å². The summed E-state index contributed by atoms with van der Waals surface area (Å²) in [5.41, 5.74) is 0. The van der Waals surface area contributed by atoms with Gasteiger partial charge >= 0.3 is 17.9 Å². The lowest BCUT2D eigenvalue weighted by molar-refractivity contribution is -0.167. The first-order valence-corrected chi connectivity index (χ1v) is 34.9. The fraction of sp³-hybridized carbons (Fsp3) is 0.724. The molecule has 0 spiro atoms. The summed E-state index contributed by atoms with van der Waals surface area (Å²) in [5.74, 6) is -0.892. The van der Waals surface area contributed by atoms with Crippen LogP contribution in [0.4, 0.5) is 0 Å². The van der Waals surface area contributed by atoms with Gasteiger partial charge in [0.2, 0.25) is 0 Å². The van der Waals surface area contributed by atoms with E-state index in [1.807, 2.05) is 0 Å². The van der Waals surface area contributed by atoms with Crippen LogP contribution >= 0.6 is 0 Å². The van der Waals surface area contributed by atoms with Gasteiger partial charge in [0.05, 0.1) is 0 Å². The number of esters is 3. The molecule has 6 nitrogen and oxygen atoms in total. The molecule has 0 heterocycles. The van der Waals surface area contributed by atoms with Crippen molar-refractivity contribution >= 4 is 17.9 Å². The van der Waals surface area contributed by atoms with E-state index >= 15 is 0 Å². The fourth-order valence-electron chi connectivity index (χ4n) is 9.88. The van der Waals surface area contributed by atoms with Crippen LogP contribution < -0.4 is 0 Å². The molecular weight excluding hydrogens is 1010 g/mol. The van der Waals surface area contributed by atoms with Gasteiger partial charge < -0.3 is 14.2 Å². The van der Waals surface area contributed by atoms with Gasteiger partial charge in [-0.2, -0.15) is 0 Å². The van der Waals surface area contributed by atoms with E-state index in [1.165, 1.54) is 167 Å². The molecule has 0 rings (SSSR count). The number of rotatable bonds is 63. The molecule has 0 aliphatic heterocycles. The van der Waals surface area contributed by atoms with Crippen LogP contribution in [0, 0.1) is 0 Å². The number of allylic oxidation sites excluding steroid dienone is 18. The fourth-order valence-corrected chi connectivity index (χ4v) is 9.88. The zero-order chi connectivity index (χ0) is 59.2. The van der Waals surface area contributed by atoms with Gasteiger partial charge in [-0.25, -0.2) is 0 Å². The summed E-state index contributed by atoms with van der Waals surface area (Å²) in [6, 6.07) is 0. The maximum absolute atomic E-state index is 12.9. The van der Waals surface area contributed by atoms with Crippen molar-refractivity contribution in [3.05, 3.63) is 109 Å². The molecule has 6 heteroatoms. The third-order valence-corrected chi connectivity index (χ3v) is 15.0. The molecule has 82 heavy (non-hydrogen) atoms. The topological polar surface area (TPSA) is 78.9 Å². The summed E-state index contributed by atoms with van der Waals surface area (Å²) in [6.07, 6.45) is 95.5. The van der Waals surface area contributed by atoms with Gasteiger partial charge in [0.1, 0.15) is 13.2 Å². The van der Waals surface area contributed by atoms with Gasteiger partial charge in [-0.3, -0.25) is 14.4 Å². The van der Waals surface area contributed by atoms with Crippen LogP contribution in [-0.2, 0) is 28.6 Å². The van der Waals surface area contributed by atoms with Crippen LogP contribution in [0.2, 0.25) is 0 Å². The van der Waals surface area contributed by atoms with Gasteiger partial charge in [-0.15, -0.1) is 0 Å². The first-order chi connectivity index (χ1) is 40.5. The molecule has 0 aliphatic carbocycles. The molecule has 0 amide bonds. The van der Waals surface area contributed by atoms with Crippen LogP contribution in [0.1, 0.15) is 335 Å². The highest BCUT2D eigenvalue weighted by Crippen LogP contribution is 2.17. The lowest BCUT2D eigenvalue weighted by atomic mass is 10.0. The number of ether oxygens (including phenoxy) is 3. The Bertz CT molecular complexity index is 1640. The largest absolute Gasteiger partial charge is 0.462 e. The molecule has 1 atom stereocenters.